The van der Waals surface area contributed by atoms with E-state index < -0.39 is 44.7 Å². The van der Waals surface area contributed by atoms with Crippen LogP contribution in [0.1, 0.15) is 165 Å². The highest BCUT2D eigenvalue weighted by molar-refractivity contribution is 7.45. The first-order valence-corrected chi connectivity index (χ1v) is 24.7. The molecule has 0 aliphatic rings. The smallest absolute Gasteiger partial charge is 0.306 e. The number of rotatable bonds is 38. The summed E-state index contributed by atoms with van der Waals surface area (Å²) in [5.41, 5.74) is 2.57. The number of carbonyl (C=O) groups excluding carboxylic acids is 2. The van der Waals surface area contributed by atoms with Crippen molar-refractivity contribution in [3.8, 4) is 0 Å². The van der Waals surface area contributed by atoms with Gasteiger partial charge in [-0.1, -0.05) is 102 Å². The number of phosphoric ester groups is 1. The molecule has 352 valence electrons. The molecule has 2 N–H and O–H groups in total. The molecule has 0 aromatic carbocycles. The minimum atomic E-state index is -4.72. The molecule has 0 spiro atoms. The maximum atomic E-state index is 12.8. The van der Waals surface area contributed by atoms with Crippen LogP contribution in [0, 0.1) is 13.8 Å². The Morgan fingerprint density at radius 1 is 0.705 bits per heavy atom. The number of aliphatic hydroxyl groups is 2. The Labute approximate surface area is 369 Å². The Hall–Kier alpha value is -2.57. The molecule has 0 aliphatic heterocycles. The first-order chi connectivity index (χ1) is 29.1. The molecular formula is C48H84NO11P. The number of phosphoric acid groups is 1. The molecule has 13 heteroatoms. The van der Waals surface area contributed by atoms with Gasteiger partial charge in [-0.05, 0) is 89.2 Å². The van der Waals surface area contributed by atoms with Crippen LogP contribution in [-0.4, -0.2) is 92.5 Å². The lowest BCUT2D eigenvalue weighted by Gasteiger charge is -2.28. The predicted molar refractivity (Wildman–Crippen MR) is 242 cm³/mol. The molecule has 3 unspecified atom stereocenters. The lowest BCUT2D eigenvalue weighted by molar-refractivity contribution is -0.870. The van der Waals surface area contributed by atoms with Crippen molar-refractivity contribution in [3.63, 3.8) is 0 Å². The number of quaternary nitrogens is 1. The Bertz CT molecular complexity index is 1450. The largest absolute Gasteiger partial charge is 0.756 e. The van der Waals surface area contributed by atoms with E-state index in [1.165, 1.54) is 43.2 Å². The molecule has 0 aliphatic carbocycles. The highest BCUT2D eigenvalue weighted by atomic mass is 31.2. The van der Waals surface area contributed by atoms with E-state index in [0.29, 0.717) is 17.4 Å². The molecule has 12 nitrogen and oxygen atoms in total. The second-order valence-electron chi connectivity index (χ2n) is 17.3. The van der Waals surface area contributed by atoms with E-state index in [1.807, 2.05) is 33.3 Å². The van der Waals surface area contributed by atoms with Gasteiger partial charge in [0.25, 0.3) is 7.82 Å². The quantitative estimate of drug-likeness (QED) is 0.0214. The summed E-state index contributed by atoms with van der Waals surface area (Å²) in [5.74, 6) is 1.09. The van der Waals surface area contributed by atoms with Crippen molar-refractivity contribution in [1.82, 2.24) is 0 Å². The maximum absolute atomic E-state index is 12.8. The van der Waals surface area contributed by atoms with E-state index in [1.54, 1.807) is 0 Å². The summed E-state index contributed by atoms with van der Waals surface area (Å²) in [6.45, 7) is 8.07. The zero-order valence-electron chi connectivity index (χ0n) is 39.0. The number of carbonyl (C=O) groups is 2. The number of hydrogen-bond donors (Lipinski definition) is 2. The van der Waals surface area contributed by atoms with Crippen LogP contribution in [0.2, 0.25) is 0 Å². The third kappa shape index (κ3) is 30.2. The van der Waals surface area contributed by atoms with Crippen LogP contribution < -0.4 is 4.89 Å². The van der Waals surface area contributed by atoms with Gasteiger partial charge in [-0.25, -0.2) is 0 Å². The fraction of sp³-hybridized carbons (Fsp3) is 0.750. The second kappa shape index (κ2) is 33.9. The number of likely N-dealkylation sites (N-methyl/N-ethyl adjacent to an activating group) is 1. The Balaban J connectivity index is 2.48. The van der Waals surface area contributed by atoms with Crippen molar-refractivity contribution in [3.05, 3.63) is 59.1 Å². The molecule has 0 bridgehead atoms. The SMILES string of the molecule is CCCCC/C=C\C/C=C\C/C=C\CC(O)C(O)CCCC(=O)O[C@H](COC(=O)CCCCCCCCc1oc(CCCCC)c(C)c1C)COP(=O)([O-])OCC[N+](C)(C)C. The van der Waals surface area contributed by atoms with Crippen molar-refractivity contribution in [1.29, 1.82) is 0 Å². The first kappa shape index (κ1) is 56.4. The van der Waals surface area contributed by atoms with Gasteiger partial charge in [0.05, 0.1) is 40.0 Å². The third-order valence-electron chi connectivity index (χ3n) is 10.6. The van der Waals surface area contributed by atoms with Gasteiger partial charge in [0.1, 0.15) is 31.3 Å². The summed E-state index contributed by atoms with van der Waals surface area (Å²) in [7, 11) is 0.959. The van der Waals surface area contributed by atoms with Crippen molar-refractivity contribution < 1.29 is 56.7 Å². The van der Waals surface area contributed by atoms with E-state index in [0.717, 1.165) is 82.1 Å². The fourth-order valence-electron chi connectivity index (χ4n) is 6.46. The summed E-state index contributed by atoms with van der Waals surface area (Å²) in [5, 5.41) is 20.8. The monoisotopic (exact) mass is 882 g/mol. The Kier molecular flexibility index (Phi) is 31.4. The minimum absolute atomic E-state index is 0.0920. The normalized spacial score (nSPS) is 14.9. The van der Waals surface area contributed by atoms with Gasteiger partial charge in [-0.15, -0.1) is 0 Å². The molecule has 1 rings (SSSR count). The van der Waals surface area contributed by atoms with Crippen molar-refractivity contribution >= 4 is 19.8 Å². The van der Waals surface area contributed by atoms with Gasteiger partial charge in [-0.2, -0.15) is 0 Å². The van der Waals surface area contributed by atoms with E-state index in [-0.39, 0.29) is 45.3 Å². The van der Waals surface area contributed by atoms with Gasteiger partial charge >= 0.3 is 11.9 Å². The van der Waals surface area contributed by atoms with Crippen LogP contribution in [0.5, 0.6) is 0 Å². The standard InChI is InChI=1S/C48H84NO11P/c1-8-10-12-13-14-15-16-17-18-19-22-26-30-43(50)44(51)31-29-35-48(53)59-42(39-58-61(54,55)57-37-36-49(5,6)7)38-56-47(52)34-28-24-21-20-23-27-33-46-41(4)40(3)45(60-46)32-25-11-9-2/h14-15,17-18,22,26,42-44,50-51H,8-13,16,19-21,23-25,27-39H2,1-7H3/b15-14-,18-17-,26-22-/t42-,43?,44?/m1/s1. The molecule has 4 atom stereocenters. The van der Waals surface area contributed by atoms with Gasteiger partial charge in [-0.3, -0.25) is 14.2 Å². The first-order valence-electron chi connectivity index (χ1n) is 23.2. The van der Waals surface area contributed by atoms with E-state index >= 15 is 0 Å². The molecular weight excluding hydrogens is 797 g/mol. The average Bonchev–Trinajstić information content (AvgIpc) is 3.47. The molecule has 0 saturated carbocycles. The number of ether oxygens (including phenoxy) is 2. The second-order valence-corrected chi connectivity index (χ2v) is 18.7. The summed E-state index contributed by atoms with van der Waals surface area (Å²) in [6, 6.07) is 0. The molecule has 0 fully saturated rings. The van der Waals surface area contributed by atoms with Crippen LogP contribution in [0.4, 0.5) is 0 Å². The maximum Gasteiger partial charge on any atom is 0.306 e. The number of unbranched alkanes of at least 4 members (excludes halogenated alkanes) is 10. The van der Waals surface area contributed by atoms with Crippen molar-refractivity contribution in [2.75, 3.05) is 47.5 Å². The fourth-order valence-corrected chi connectivity index (χ4v) is 7.19. The number of allylic oxidation sites excluding steroid dienone is 5. The van der Waals surface area contributed by atoms with E-state index in [9.17, 15) is 29.3 Å². The highest BCUT2D eigenvalue weighted by Gasteiger charge is 2.23. The summed E-state index contributed by atoms with van der Waals surface area (Å²) in [6.07, 6.45) is 27.5. The summed E-state index contributed by atoms with van der Waals surface area (Å²) in [4.78, 5) is 37.8. The lowest BCUT2D eigenvalue weighted by atomic mass is 10.0. The predicted octanol–water partition coefficient (Wildman–Crippen LogP) is 9.88. The van der Waals surface area contributed by atoms with Crippen molar-refractivity contribution in [2.24, 2.45) is 0 Å². The van der Waals surface area contributed by atoms with E-state index in [4.69, 9.17) is 22.9 Å². The molecule has 61 heavy (non-hydrogen) atoms. The van der Waals surface area contributed by atoms with Crippen LogP contribution in [-0.2, 0) is 45.5 Å². The van der Waals surface area contributed by atoms with Gasteiger partial charge in [0, 0.05) is 25.7 Å². The number of nitrogens with zero attached hydrogens (tertiary/aromatic N) is 1. The van der Waals surface area contributed by atoms with E-state index in [2.05, 4.69) is 52.0 Å². The highest BCUT2D eigenvalue weighted by Crippen LogP contribution is 2.38. The van der Waals surface area contributed by atoms with Crippen LogP contribution in [0.3, 0.4) is 0 Å². The minimum Gasteiger partial charge on any atom is -0.756 e. The van der Waals surface area contributed by atoms with Gasteiger partial charge < -0.3 is 42.5 Å². The molecule has 1 aromatic rings. The Morgan fingerprint density at radius 3 is 1.90 bits per heavy atom. The van der Waals surface area contributed by atoms with Gasteiger partial charge in [0.2, 0.25) is 0 Å². The van der Waals surface area contributed by atoms with Crippen LogP contribution >= 0.6 is 7.82 Å². The average molecular weight is 882 g/mol. The number of furan rings is 1. The number of aliphatic hydroxyl groups excluding tert-OH is 2. The molecule has 0 amide bonds. The zero-order chi connectivity index (χ0) is 45.4. The lowest BCUT2D eigenvalue weighted by Crippen LogP contribution is -2.37. The topological polar surface area (TPSA) is 165 Å². The molecule has 1 aromatic heterocycles. The van der Waals surface area contributed by atoms with Gasteiger partial charge in [0.15, 0.2) is 6.10 Å². The van der Waals surface area contributed by atoms with Crippen LogP contribution in [0.25, 0.3) is 0 Å². The molecule has 0 radical (unpaired) electrons. The number of hydrogen-bond acceptors (Lipinski definition) is 11. The molecule has 1 heterocycles. The number of aryl methyl sites for hydroxylation is 2. The zero-order valence-corrected chi connectivity index (χ0v) is 39.9. The number of esters is 2. The third-order valence-corrected chi connectivity index (χ3v) is 11.5. The van der Waals surface area contributed by atoms with Crippen molar-refractivity contribution in [2.45, 2.75) is 187 Å². The Morgan fingerprint density at radius 2 is 1.26 bits per heavy atom. The van der Waals surface area contributed by atoms with Crippen LogP contribution in [0.15, 0.2) is 40.9 Å². The summed E-state index contributed by atoms with van der Waals surface area (Å²) < 4.78 is 40.0. The summed E-state index contributed by atoms with van der Waals surface area (Å²) >= 11 is 0. The molecule has 0 saturated heterocycles.